The van der Waals surface area contributed by atoms with E-state index in [-0.39, 0.29) is 12.3 Å². The Hall–Kier alpha value is -3.03. The lowest BCUT2D eigenvalue weighted by atomic mass is 10.2. The van der Waals surface area contributed by atoms with E-state index in [0.717, 1.165) is 4.40 Å². The van der Waals surface area contributed by atoms with Crippen molar-refractivity contribution in [2.24, 2.45) is 0 Å². The molecule has 0 fully saturated rings. The Kier molecular flexibility index (Phi) is 4.58. The molecule has 0 unspecified atom stereocenters. The quantitative estimate of drug-likeness (QED) is 0.656. The SMILES string of the molecule is COc1ccc(COC(=O)c2c(C(F)(F)F)nc3ccc(C)cn23)cc1. The molecule has 2 aromatic heterocycles. The first kappa shape index (κ1) is 17.8. The lowest BCUT2D eigenvalue weighted by Gasteiger charge is -2.09. The zero-order chi connectivity index (χ0) is 18.9. The predicted molar refractivity (Wildman–Crippen MR) is 87.0 cm³/mol. The van der Waals surface area contributed by atoms with E-state index in [1.165, 1.54) is 19.4 Å². The van der Waals surface area contributed by atoms with Crippen LogP contribution in [-0.2, 0) is 17.5 Å². The molecule has 0 atom stereocenters. The molecule has 0 saturated heterocycles. The minimum absolute atomic E-state index is 0.0272. The maximum atomic E-state index is 13.3. The van der Waals surface area contributed by atoms with Crippen LogP contribution in [0.3, 0.4) is 0 Å². The molecule has 1 aromatic carbocycles. The van der Waals surface area contributed by atoms with Gasteiger partial charge in [0.1, 0.15) is 18.0 Å². The first-order valence-corrected chi connectivity index (χ1v) is 7.65. The molecule has 5 nitrogen and oxygen atoms in total. The molecule has 3 aromatic rings. The van der Waals surface area contributed by atoms with E-state index < -0.39 is 23.5 Å². The Morgan fingerprint density at radius 1 is 1.15 bits per heavy atom. The summed E-state index contributed by atoms with van der Waals surface area (Å²) < 4.78 is 51.1. The minimum atomic E-state index is -4.77. The fourth-order valence-corrected chi connectivity index (χ4v) is 2.48. The Morgan fingerprint density at radius 2 is 1.85 bits per heavy atom. The highest BCUT2D eigenvalue weighted by atomic mass is 19.4. The number of aromatic nitrogens is 2. The standard InChI is InChI=1S/C18H15F3N2O3/c1-11-3-8-14-22-16(18(19,20)21)15(23(14)9-11)17(24)26-10-12-4-6-13(25-2)7-5-12/h3-9H,10H2,1-2H3. The Bertz CT molecular complexity index is 947. The van der Waals surface area contributed by atoms with Crippen molar-refractivity contribution < 1.29 is 27.4 Å². The number of fused-ring (bicyclic) bond motifs is 1. The van der Waals surface area contributed by atoms with Crippen LogP contribution in [0.4, 0.5) is 13.2 Å². The summed E-state index contributed by atoms with van der Waals surface area (Å²) in [6.07, 6.45) is -3.35. The number of alkyl halides is 3. The number of halogens is 3. The van der Waals surface area contributed by atoms with Crippen molar-refractivity contribution in [1.82, 2.24) is 9.38 Å². The molecule has 136 valence electrons. The molecule has 0 bridgehead atoms. The van der Waals surface area contributed by atoms with Gasteiger partial charge in [-0.1, -0.05) is 18.2 Å². The van der Waals surface area contributed by atoms with E-state index in [0.29, 0.717) is 16.9 Å². The number of methoxy groups -OCH3 is 1. The monoisotopic (exact) mass is 364 g/mol. The van der Waals surface area contributed by atoms with Crippen LogP contribution in [0.25, 0.3) is 5.65 Å². The molecular formula is C18H15F3N2O3. The summed E-state index contributed by atoms with van der Waals surface area (Å²) in [5.74, 6) is -0.470. The number of carbonyl (C=O) groups is 1. The number of benzene rings is 1. The maximum Gasteiger partial charge on any atom is 0.435 e. The van der Waals surface area contributed by atoms with Crippen LogP contribution >= 0.6 is 0 Å². The molecule has 0 radical (unpaired) electrons. The van der Waals surface area contributed by atoms with E-state index in [1.54, 1.807) is 37.3 Å². The van der Waals surface area contributed by atoms with Crippen LogP contribution in [0.1, 0.15) is 27.3 Å². The molecule has 0 spiro atoms. The van der Waals surface area contributed by atoms with Crippen molar-refractivity contribution in [3.63, 3.8) is 0 Å². The number of imidazole rings is 1. The second-order valence-electron chi connectivity index (χ2n) is 5.67. The van der Waals surface area contributed by atoms with Gasteiger partial charge in [-0.25, -0.2) is 9.78 Å². The highest BCUT2D eigenvalue weighted by Crippen LogP contribution is 2.32. The number of hydrogen-bond donors (Lipinski definition) is 0. The van der Waals surface area contributed by atoms with Gasteiger partial charge in [-0.2, -0.15) is 13.2 Å². The highest BCUT2D eigenvalue weighted by Gasteiger charge is 2.40. The van der Waals surface area contributed by atoms with Crippen molar-refractivity contribution in [2.75, 3.05) is 7.11 Å². The van der Waals surface area contributed by atoms with Crippen LogP contribution in [-0.4, -0.2) is 22.5 Å². The van der Waals surface area contributed by atoms with E-state index >= 15 is 0 Å². The fraction of sp³-hybridized carbons (Fsp3) is 0.222. The lowest BCUT2D eigenvalue weighted by Crippen LogP contribution is -2.16. The molecule has 2 heterocycles. The second-order valence-corrected chi connectivity index (χ2v) is 5.67. The Balaban J connectivity index is 1.92. The molecule has 0 aliphatic carbocycles. The third-order valence-electron chi connectivity index (χ3n) is 3.76. The highest BCUT2D eigenvalue weighted by molar-refractivity contribution is 5.90. The number of aryl methyl sites for hydroxylation is 1. The molecule has 0 saturated carbocycles. The van der Waals surface area contributed by atoms with Gasteiger partial charge in [0.15, 0.2) is 11.4 Å². The Labute approximate surface area is 147 Å². The largest absolute Gasteiger partial charge is 0.497 e. The second kappa shape index (κ2) is 6.70. The van der Waals surface area contributed by atoms with Gasteiger partial charge in [0.2, 0.25) is 0 Å². The average molecular weight is 364 g/mol. The molecule has 3 rings (SSSR count). The van der Waals surface area contributed by atoms with Crippen LogP contribution < -0.4 is 4.74 Å². The van der Waals surface area contributed by atoms with Gasteiger partial charge in [-0.15, -0.1) is 0 Å². The van der Waals surface area contributed by atoms with E-state index in [4.69, 9.17) is 9.47 Å². The number of carbonyl (C=O) groups excluding carboxylic acids is 1. The van der Waals surface area contributed by atoms with E-state index in [9.17, 15) is 18.0 Å². The lowest BCUT2D eigenvalue weighted by molar-refractivity contribution is -0.141. The van der Waals surface area contributed by atoms with Crippen molar-refractivity contribution in [3.05, 3.63) is 65.1 Å². The summed E-state index contributed by atoms with van der Waals surface area (Å²) >= 11 is 0. The van der Waals surface area contributed by atoms with Gasteiger partial charge >= 0.3 is 12.1 Å². The van der Waals surface area contributed by atoms with Crippen LogP contribution in [0, 0.1) is 6.92 Å². The first-order valence-electron chi connectivity index (χ1n) is 7.65. The van der Waals surface area contributed by atoms with Gasteiger partial charge in [0.25, 0.3) is 0 Å². The summed E-state index contributed by atoms with van der Waals surface area (Å²) in [5, 5.41) is 0. The van der Waals surface area contributed by atoms with Gasteiger partial charge in [0.05, 0.1) is 7.11 Å². The molecular weight excluding hydrogens is 349 g/mol. The minimum Gasteiger partial charge on any atom is -0.497 e. The van der Waals surface area contributed by atoms with Crippen molar-refractivity contribution in [1.29, 1.82) is 0 Å². The van der Waals surface area contributed by atoms with Crippen molar-refractivity contribution in [3.8, 4) is 5.75 Å². The molecule has 26 heavy (non-hydrogen) atoms. The number of nitrogens with zero attached hydrogens (tertiary/aromatic N) is 2. The van der Waals surface area contributed by atoms with E-state index in [1.807, 2.05) is 0 Å². The fourth-order valence-electron chi connectivity index (χ4n) is 2.48. The zero-order valence-electron chi connectivity index (χ0n) is 14.0. The first-order chi connectivity index (χ1) is 12.3. The molecule has 0 N–H and O–H groups in total. The number of ether oxygens (including phenoxy) is 2. The van der Waals surface area contributed by atoms with Gasteiger partial charge in [-0.05, 0) is 36.2 Å². The summed E-state index contributed by atoms with van der Waals surface area (Å²) in [6.45, 7) is 1.54. The Morgan fingerprint density at radius 3 is 2.46 bits per heavy atom. The van der Waals surface area contributed by atoms with E-state index in [2.05, 4.69) is 4.98 Å². The maximum absolute atomic E-state index is 13.3. The molecule has 8 heteroatoms. The molecule has 0 aliphatic rings. The summed E-state index contributed by atoms with van der Waals surface area (Å²) in [4.78, 5) is 15.9. The number of pyridine rings is 1. The smallest absolute Gasteiger partial charge is 0.435 e. The van der Waals surface area contributed by atoms with Crippen LogP contribution in [0.5, 0.6) is 5.75 Å². The number of rotatable bonds is 4. The summed E-state index contributed by atoms with van der Waals surface area (Å²) in [6, 6.07) is 9.70. The average Bonchev–Trinajstić information content (AvgIpc) is 2.99. The van der Waals surface area contributed by atoms with Crippen LogP contribution in [0.2, 0.25) is 0 Å². The molecule has 0 aliphatic heterocycles. The third-order valence-corrected chi connectivity index (χ3v) is 3.76. The normalized spacial score (nSPS) is 11.6. The van der Waals surface area contributed by atoms with Crippen molar-refractivity contribution >= 4 is 11.6 Å². The van der Waals surface area contributed by atoms with Gasteiger partial charge in [-0.3, -0.25) is 4.40 Å². The summed E-state index contributed by atoms with van der Waals surface area (Å²) in [5.41, 5.74) is -0.558. The topological polar surface area (TPSA) is 52.8 Å². The molecule has 0 amide bonds. The number of hydrogen-bond acceptors (Lipinski definition) is 4. The van der Waals surface area contributed by atoms with Crippen LogP contribution in [0.15, 0.2) is 42.6 Å². The zero-order valence-corrected chi connectivity index (χ0v) is 14.0. The van der Waals surface area contributed by atoms with Crippen molar-refractivity contribution in [2.45, 2.75) is 19.7 Å². The van der Waals surface area contributed by atoms with Gasteiger partial charge < -0.3 is 9.47 Å². The third kappa shape index (κ3) is 3.49. The number of esters is 1. The van der Waals surface area contributed by atoms with Gasteiger partial charge in [0, 0.05) is 6.20 Å². The predicted octanol–water partition coefficient (Wildman–Crippen LogP) is 4.03. The summed E-state index contributed by atoms with van der Waals surface area (Å²) in [7, 11) is 1.51.